The summed E-state index contributed by atoms with van der Waals surface area (Å²) in [5.41, 5.74) is 7.61. The summed E-state index contributed by atoms with van der Waals surface area (Å²) in [5.74, 6) is 0.870. The van der Waals surface area contributed by atoms with Crippen LogP contribution in [-0.2, 0) is 11.2 Å². The van der Waals surface area contributed by atoms with Gasteiger partial charge in [-0.1, -0.05) is 51.2 Å². The number of hydrogen-bond acceptors (Lipinski definition) is 4. The van der Waals surface area contributed by atoms with Crippen LogP contribution < -0.4 is 15.2 Å². The summed E-state index contributed by atoms with van der Waals surface area (Å²) in [4.78, 5) is 22.1. The molecule has 5 nitrogen and oxygen atoms in total. The van der Waals surface area contributed by atoms with Crippen LogP contribution in [0.2, 0.25) is 0 Å². The molecule has 0 unspecified atom stereocenters. The molecular weight excluding hydrogens is 366 g/mol. The van der Waals surface area contributed by atoms with Crippen molar-refractivity contribution in [1.29, 1.82) is 0 Å². The zero-order valence-corrected chi connectivity index (χ0v) is 17.2. The molecule has 2 rings (SSSR count). The molecule has 0 heterocycles. The number of rotatable bonds is 14. The summed E-state index contributed by atoms with van der Waals surface area (Å²) in [6.45, 7) is 2.76. The fraction of sp³-hybridized carbons (Fsp3) is 0.417. The highest BCUT2D eigenvalue weighted by Crippen LogP contribution is 2.24. The quantitative estimate of drug-likeness (QED) is 0.370. The second-order valence-electron chi connectivity index (χ2n) is 7.18. The Morgan fingerprint density at radius 2 is 1.69 bits per heavy atom. The molecule has 0 atom stereocenters. The van der Waals surface area contributed by atoms with E-state index in [9.17, 15) is 9.59 Å². The molecule has 0 saturated heterocycles. The van der Waals surface area contributed by atoms with Crippen molar-refractivity contribution in [3.63, 3.8) is 0 Å². The fourth-order valence-electron chi connectivity index (χ4n) is 3.10. The zero-order chi connectivity index (χ0) is 20.9. The first-order valence-corrected chi connectivity index (χ1v) is 10.3. The molecule has 0 saturated carbocycles. The molecule has 2 aromatic carbocycles. The van der Waals surface area contributed by atoms with E-state index in [0.717, 1.165) is 36.2 Å². The van der Waals surface area contributed by atoms with Gasteiger partial charge in [0.2, 0.25) is 0 Å². The fourth-order valence-corrected chi connectivity index (χ4v) is 3.10. The number of amides is 1. The average molecular weight is 398 g/mol. The van der Waals surface area contributed by atoms with Crippen LogP contribution in [0, 0.1) is 0 Å². The molecule has 0 bridgehead atoms. The van der Waals surface area contributed by atoms with Crippen LogP contribution in [0.15, 0.2) is 42.5 Å². The maximum absolute atomic E-state index is 11.1. The maximum atomic E-state index is 11.1. The van der Waals surface area contributed by atoms with Crippen molar-refractivity contribution < 1.29 is 19.1 Å². The van der Waals surface area contributed by atoms with E-state index in [1.165, 1.54) is 32.1 Å². The largest absolute Gasteiger partial charge is 0.494 e. The zero-order valence-electron chi connectivity index (χ0n) is 17.2. The molecule has 5 heteroatoms. The third kappa shape index (κ3) is 8.38. The second-order valence-corrected chi connectivity index (χ2v) is 7.18. The first-order chi connectivity index (χ1) is 14.1. The van der Waals surface area contributed by atoms with E-state index in [-0.39, 0.29) is 6.61 Å². The van der Waals surface area contributed by atoms with Crippen LogP contribution >= 0.6 is 0 Å². The molecule has 0 aromatic heterocycles. The summed E-state index contributed by atoms with van der Waals surface area (Å²) in [7, 11) is 0. The van der Waals surface area contributed by atoms with E-state index in [2.05, 4.69) is 6.92 Å². The molecule has 156 valence electrons. The van der Waals surface area contributed by atoms with E-state index >= 15 is 0 Å². The van der Waals surface area contributed by atoms with Gasteiger partial charge in [-0.2, -0.15) is 0 Å². The molecular formula is C24H31NO4. The molecule has 0 radical (unpaired) electrons. The number of hydrogen-bond donors (Lipinski definition) is 1. The van der Waals surface area contributed by atoms with Gasteiger partial charge in [0.15, 0.2) is 6.61 Å². The van der Waals surface area contributed by atoms with Crippen molar-refractivity contribution in [3.8, 4) is 11.5 Å². The summed E-state index contributed by atoms with van der Waals surface area (Å²) in [6, 6.07) is 13.0. The SMILES string of the molecule is CCCCCCCCOc1ccc(Cc2cc(C=O)ccc2OCC(N)=O)cc1. The van der Waals surface area contributed by atoms with Gasteiger partial charge in [-0.15, -0.1) is 0 Å². The lowest BCUT2D eigenvalue weighted by Crippen LogP contribution is -2.20. The van der Waals surface area contributed by atoms with Gasteiger partial charge in [0.05, 0.1) is 6.61 Å². The van der Waals surface area contributed by atoms with Crippen LogP contribution in [0.5, 0.6) is 11.5 Å². The van der Waals surface area contributed by atoms with Crippen LogP contribution in [-0.4, -0.2) is 25.4 Å². The molecule has 1 amide bonds. The number of ether oxygens (including phenoxy) is 2. The first kappa shape index (κ1) is 22.5. The Hall–Kier alpha value is -2.82. The van der Waals surface area contributed by atoms with E-state index < -0.39 is 5.91 Å². The lowest BCUT2D eigenvalue weighted by molar-refractivity contribution is -0.119. The lowest BCUT2D eigenvalue weighted by atomic mass is 10.0. The molecule has 0 aliphatic carbocycles. The molecule has 0 aliphatic rings. The third-order valence-electron chi connectivity index (χ3n) is 4.68. The van der Waals surface area contributed by atoms with E-state index in [0.29, 0.717) is 17.7 Å². The van der Waals surface area contributed by atoms with Gasteiger partial charge in [0, 0.05) is 12.0 Å². The number of carbonyl (C=O) groups is 2. The second kappa shape index (κ2) is 12.6. The van der Waals surface area contributed by atoms with Crippen molar-refractivity contribution in [2.45, 2.75) is 51.9 Å². The minimum atomic E-state index is -0.540. The van der Waals surface area contributed by atoms with E-state index in [4.69, 9.17) is 15.2 Å². The number of primary amides is 1. The highest BCUT2D eigenvalue weighted by atomic mass is 16.5. The molecule has 0 fully saturated rings. The lowest BCUT2D eigenvalue weighted by Gasteiger charge is -2.12. The number of aldehydes is 1. The number of carbonyl (C=O) groups excluding carboxylic acids is 2. The minimum Gasteiger partial charge on any atom is -0.494 e. The third-order valence-corrected chi connectivity index (χ3v) is 4.68. The van der Waals surface area contributed by atoms with Crippen molar-refractivity contribution >= 4 is 12.2 Å². The van der Waals surface area contributed by atoms with Crippen LogP contribution in [0.1, 0.15) is 66.9 Å². The van der Waals surface area contributed by atoms with Crippen molar-refractivity contribution in [3.05, 3.63) is 59.2 Å². The molecule has 29 heavy (non-hydrogen) atoms. The van der Waals surface area contributed by atoms with E-state index in [1.807, 2.05) is 24.3 Å². The Morgan fingerprint density at radius 3 is 2.38 bits per heavy atom. The Bertz CT molecular complexity index is 771. The average Bonchev–Trinajstić information content (AvgIpc) is 2.73. The maximum Gasteiger partial charge on any atom is 0.255 e. The van der Waals surface area contributed by atoms with Crippen LogP contribution in [0.25, 0.3) is 0 Å². The van der Waals surface area contributed by atoms with Crippen molar-refractivity contribution in [2.75, 3.05) is 13.2 Å². The summed E-state index contributed by atoms with van der Waals surface area (Å²) in [5, 5.41) is 0. The molecule has 0 aliphatic heterocycles. The summed E-state index contributed by atoms with van der Waals surface area (Å²) >= 11 is 0. The number of nitrogens with two attached hydrogens (primary N) is 1. The predicted octanol–water partition coefficient (Wildman–Crippen LogP) is 4.69. The van der Waals surface area contributed by atoms with Gasteiger partial charge >= 0.3 is 0 Å². The Kier molecular flexibility index (Phi) is 9.76. The predicted molar refractivity (Wildman–Crippen MR) is 115 cm³/mol. The summed E-state index contributed by atoms with van der Waals surface area (Å²) in [6.07, 6.45) is 8.81. The summed E-state index contributed by atoms with van der Waals surface area (Å²) < 4.78 is 11.3. The first-order valence-electron chi connectivity index (χ1n) is 10.3. The van der Waals surface area contributed by atoms with Crippen molar-refractivity contribution in [1.82, 2.24) is 0 Å². The monoisotopic (exact) mass is 397 g/mol. The van der Waals surface area contributed by atoms with Gasteiger partial charge in [-0.05, 0) is 47.9 Å². The Balaban J connectivity index is 1.90. The van der Waals surface area contributed by atoms with E-state index in [1.54, 1.807) is 18.2 Å². The highest BCUT2D eigenvalue weighted by Gasteiger charge is 2.08. The van der Waals surface area contributed by atoms with Gasteiger partial charge in [-0.3, -0.25) is 9.59 Å². The van der Waals surface area contributed by atoms with Crippen LogP contribution in [0.3, 0.4) is 0 Å². The minimum absolute atomic E-state index is 0.196. The molecule has 0 spiro atoms. The Labute approximate surface area is 173 Å². The standard InChI is InChI=1S/C24H31NO4/c1-2-3-4-5-6-7-14-28-22-11-8-19(9-12-22)15-21-16-20(17-26)10-13-23(21)29-18-24(25)27/h8-13,16-17H,2-7,14-15,18H2,1H3,(H2,25,27). The van der Waals surface area contributed by atoms with Gasteiger partial charge in [0.1, 0.15) is 17.8 Å². The van der Waals surface area contributed by atoms with Crippen LogP contribution in [0.4, 0.5) is 0 Å². The molecule has 2 N–H and O–H groups in total. The highest BCUT2D eigenvalue weighted by molar-refractivity contribution is 5.76. The number of benzene rings is 2. The van der Waals surface area contributed by atoms with Gasteiger partial charge in [-0.25, -0.2) is 0 Å². The Morgan fingerprint density at radius 1 is 0.966 bits per heavy atom. The van der Waals surface area contributed by atoms with Gasteiger partial charge < -0.3 is 15.2 Å². The van der Waals surface area contributed by atoms with Gasteiger partial charge in [0.25, 0.3) is 5.91 Å². The van der Waals surface area contributed by atoms with Crippen molar-refractivity contribution in [2.24, 2.45) is 5.73 Å². The number of unbranched alkanes of at least 4 members (excludes halogenated alkanes) is 5. The topological polar surface area (TPSA) is 78.6 Å². The smallest absolute Gasteiger partial charge is 0.255 e. The molecule has 2 aromatic rings. The normalized spacial score (nSPS) is 10.5.